The number of benzene rings is 1. The Labute approximate surface area is 81.1 Å². The van der Waals surface area contributed by atoms with Crippen LogP contribution in [0.25, 0.3) is 0 Å². The molecule has 5 nitrogen and oxygen atoms in total. The number of hydrogen-bond acceptors (Lipinski definition) is 3. The molecule has 0 radical (unpaired) electrons. The summed E-state index contributed by atoms with van der Waals surface area (Å²) in [5, 5.41) is 17.7. The van der Waals surface area contributed by atoms with Crippen molar-refractivity contribution in [3.8, 4) is 0 Å². The number of rotatable bonds is 2. The van der Waals surface area contributed by atoms with Gasteiger partial charge in [-0.25, -0.2) is 4.79 Å². The molecule has 5 N–H and O–H groups in total. The van der Waals surface area contributed by atoms with Gasteiger partial charge in [0.2, 0.25) is 0 Å². The van der Waals surface area contributed by atoms with Gasteiger partial charge in [0.15, 0.2) is 0 Å². The fourth-order valence-electron chi connectivity index (χ4n) is 0.987. The molecular weight excluding hydrogens is 182 g/mol. The topological polar surface area (TPSA) is 99.2 Å². The van der Waals surface area contributed by atoms with Crippen molar-refractivity contribution in [3.63, 3.8) is 0 Å². The van der Waals surface area contributed by atoms with Gasteiger partial charge in [-0.2, -0.15) is 0 Å². The van der Waals surface area contributed by atoms with E-state index in [1.54, 1.807) is 24.3 Å². The van der Waals surface area contributed by atoms with E-state index in [4.69, 9.17) is 16.2 Å². The molecule has 0 aliphatic rings. The molecule has 0 heterocycles. The van der Waals surface area contributed by atoms with Crippen molar-refractivity contribution < 1.29 is 9.90 Å². The zero-order valence-corrected chi connectivity index (χ0v) is 7.45. The summed E-state index contributed by atoms with van der Waals surface area (Å²) in [4.78, 5) is 10.2. The zero-order chi connectivity index (χ0) is 10.6. The van der Waals surface area contributed by atoms with Crippen molar-refractivity contribution in [3.05, 3.63) is 35.4 Å². The Hall–Kier alpha value is -1.88. The van der Waals surface area contributed by atoms with E-state index in [0.717, 1.165) is 5.56 Å². The maximum atomic E-state index is 10.2. The number of carbonyl (C=O) groups is 1. The van der Waals surface area contributed by atoms with Crippen LogP contribution in [-0.2, 0) is 6.54 Å². The summed E-state index contributed by atoms with van der Waals surface area (Å²) in [6.07, 6.45) is -1.24. The van der Waals surface area contributed by atoms with E-state index in [9.17, 15) is 4.79 Å². The van der Waals surface area contributed by atoms with E-state index in [0.29, 0.717) is 12.1 Å². The molecule has 1 aromatic carbocycles. The van der Waals surface area contributed by atoms with Crippen LogP contribution in [0.4, 0.5) is 4.79 Å². The van der Waals surface area contributed by atoms with Gasteiger partial charge in [0.1, 0.15) is 5.84 Å². The first kappa shape index (κ1) is 10.2. The van der Waals surface area contributed by atoms with Gasteiger partial charge < -0.3 is 10.8 Å². The summed E-state index contributed by atoms with van der Waals surface area (Å²) >= 11 is 0. The third kappa shape index (κ3) is 2.56. The maximum absolute atomic E-state index is 10.2. The third-order valence-corrected chi connectivity index (χ3v) is 1.71. The highest BCUT2D eigenvalue weighted by molar-refractivity contribution is 6.04. The minimum Gasteiger partial charge on any atom is -0.465 e. The zero-order valence-electron chi connectivity index (χ0n) is 7.45. The molecule has 0 bridgehead atoms. The van der Waals surface area contributed by atoms with Gasteiger partial charge in [-0.1, -0.05) is 24.3 Å². The first-order valence-electron chi connectivity index (χ1n) is 4.01. The predicted octanol–water partition coefficient (Wildman–Crippen LogP) is 0.738. The minimum atomic E-state index is -1.24. The molecule has 0 saturated heterocycles. The molecular formula is C9H11N3O2. The number of nitrogens with two attached hydrogens (primary N) is 1. The average Bonchev–Trinajstić information content (AvgIpc) is 2.17. The molecule has 1 aromatic rings. The lowest BCUT2D eigenvalue weighted by Gasteiger charge is -2.03. The van der Waals surface area contributed by atoms with Crippen LogP contribution in [0.15, 0.2) is 24.3 Å². The Morgan fingerprint density at radius 3 is 2.43 bits per heavy atom. The highest BCUT2D eigenvalue weighted by Gasteiger charge is 2.03. The Morgan fingerprint density at radius 1 is 1.43 bits per heavy atom. The van der Waals surface area contributed by atoms with E-state index < -0.39 is 6.09 Å². The monoisotopic (exact) mass is 193 g/mol. The predicted molar refractivity (Wildman–Crippen MR) is 52.3 cm³/mol. The molecule has 0 atom stereocenters. The Morgan fingerprint density at radius 2 is 2.00 bits per heavy atom. The van der Waals surface area contributed by atoms with E-state index >= 15 is 0 Å². The van der Waals surface area contributed by atoms with E-state index in [1.807, 2.05) is 5.32 Å². The Kier molecular flexibility index (Phi) is 3.19. The van der Waals surface area contributed by atoms with Crippen LogP contribution in [0, 0.1) is 5.41 Å². The Bertz CT molecular complexity index is 346. The van der Waals surface area contributed by atoms with E-state index in [1.165, 1.54) is 0 Å². The molecule has 14 heavy (non-hydrogen) atoms. The van der Waals surface area contributed by atoms with Crippen LogP contribution in [0.1, 0.15) is 11.1 Å². The van der Waals surface area contributed by atoms with Crippen LogP contribution in [0.3, 0.4) is 0 Å². The summed E-state index contributed by atoms with van der Waals surface area (Å²) in [7, 11) is 0. The van der Waals surface area contributed by atoms with Gasteiger partial charge in [0.25, 0.3) is 0 Å². The second-order valence-electron chi connectivity index (χ2n) is 2.71. The van der Waals surface area contributed by atoms with Crippen LogP contribution < -0.4 is 11.1 Å². The van der Waals surface area contributed by atoms with Crippen molar-refractivity contribution in [2.45, 2.75) is 6.54 Å². The molecule has 0 saturated carbocycles. The molecule has 0 aromatic heterocycles. The van der Waals surface area contributed by atoms with Crippen molar-refractivity contribution >= 4 is 11.9 Å². The largest absolute Gasteiger partial charge is 0.465 e. The van der Waals surface area contributed by atoms with E-state index in [-0.39, 0.29) is 5.84 Å². The number of amidine groups is 1. The third-order valence-electron chi connectivity index (χ3n) is 1.71. The summed E-state index contributed by atoms with van der Waals surface area (Å²) in [5.74, 6) is -0.138. The Balaban J connectivity index is 2.76. The lowest BCUT2D eigenvalue weighted by atomic mass is 10.1. The van der Waals surface area contributed by atoms with Gasteiger partial charge in [-0.3, -0.25) is 10.7 Å². The molecule has 0 fully saturated rings. The SMILES string of the molecule is N=C(NC(=O)O)c1ccc(CN)cc1. The minimum absolute atomic E-state index is 0.138. The average molecular weight is 193 g/mol. The van der Waals surface area contributed by atoms with Crippen LogP contribution in [0.2, 0.25) is 0 Å². The molecule has 1 amide bonds. The number of hydrogen-bond donors (Lipinski definition) is 4. The van der Waals surface area contributed by atoms with Crippen LogP contribution in [0.5, 0.6) is 0 Å². The number of carboxylic acid groups (broad SMARTS) is 1. The van der Waals surface area contributed by atoms with Crippen LogP contribution >= 0.6 is 0 Å². The first-order chi connectivity index (χ1) is 6.63. The van der Waals surface area contributed by atoms with Gasteiger partial charge in [-0.15, -0.1) is 0 Å². The van der Waals surface area contributed by atoms with Crippen molar-refractivity contribution in [2.24, 2.45) is 5.73 Å². The smallest absolute Gasteiger partial charge is 0.410 e. The second kappa shape index (κ2) is 4.38. The van der Waals surface area contributed by atoms with Gasteiger partial charge in [-0.05, 0) is 5.56 Å². The van der Waals surface area contributed by atoms with Gasteiger partial charge in [0, 0.05) is 12.1 Å². The number of amides is 1. The summed E-state index contributed by atoms with van der Waals surface area (Å²) < 4.78 is 0. The fourth-order valence-corrected chi connectivity index (χ4v) is 0.987. The van der Waals surface area contributed by atoms with Crippen molar-refractivity contribution in [2.75, 3.05) is 0 Å². The molecule has 74 valence electrons. The first-order valence-corrected chi connectivity index (χ1v) is 4.01. The standard InChI is InChI=1S/C9H11N3O2/c10-5-6-1-3-7(4-2-6)8(11)12-9(13)14/h1-4H,5,10H2,(H2,11,12)(H,13,14). The van der Waals surface area contributed by atoms with Gasteiger partial charge in [0.05, 0.1) is 0 Å². The maximum Gasteiger partial charge on any atom is 0.410 e. The molecule has 0 aliphatic heterocycles. The van der Waals surface area contributed by atoms with Crippen molar-refractivity contribution in [1.29, 1.82) is 5.41 Å². The molecule has 1 rings (SSSR count). The summed E-state index contributed by atoms with van der Waals surface area (Å²) in [5.41, 5.74) is 6.85. The van der Waals surface area contributed by atoms with Crippen molar-refractivity contribution in [1.82, 2.24) is 5.32 Å². The van der Waals surface area contributed by atoms with Gasteiger partial charge >= 0.3 is 6.09 Å². The highest BCUT2D eigenvalue weighted by atomic mass is 16.4. The summed E-state index contributed by atoms with van der Waals surface area (Å²) in [6.45, 7) is 0.431. The highest BCUT2D eigenvalue weighted by Crippen LogP contribution is 2.03. The van der Waals surface area contributed by atoms with E-state index in [2.05, 4.69) is 0 Å². The number of nitrogens with one attached hydrogen (secondary N) is 2. The lowest BCUT2D eigenvalue weighted by Crippen LogP contribution is -2.28. The fraction of sp³-hybridized carbons (Fsp3) is 0.111. The molecule has 0 aliphatic carbocycles. The molecule has 0 unspecified atom stereocenters. The molecule has 0 spiro atoms. The second-order valence-corrected chi connectivity index (χ2v) is 2.71. The lowest BCUT2D eigenvalue weighted by molar-refractivity contribution is 0.200. The van der Waals surface area contributed by atoms with Crippen LogP contribution in [-0.4, -0.2) is 17.0 Å². The summed E-state index contributed by atoms with van der Waals surface area (Å²) in [6, 6.07) is 6.82. The normalized spacial score (nSPS) is 9.50. The molecule has 5 heteroatoms. The quantitative estimate of drug-likeness (QED) is 0.411.